The van der Waals surface area contributed by atoms with Crippen molar-refractivity contribution in [3.8, 4) is 11.8 Å². The first kappa shape index (κ1) is 26.1. The average Bonchev–Trinajstić information content (AvgIpc) is 3.14. The molecule has 0 radical (unpaired) electrons. The number of halogens is 7. The van der Waals surface area contributed by atoms with Gasteiger partial charge < -0.3 is 4.74 Å². The quantitative estimate of drug-likeness (QED) is 0.149. The number of hydrazone groups is 1. The van der Waals surface area contributed by atoms with Crippen molar-refractivity contribution in [2.45, 2.75) is 13.5 Å². The number of carbonyl (C=O) groups is 1. The molecule has 0 unspecified atom stereocenters. The molecule has 0 saturated heterocycles. The van der Waals surface area contributed by atoms with E-state index in [0.29, 0.717) is 11.1 Å². The highest BCUT2D eigenvalue weighted by molar-refractivity contribution is 6.36. The van der Waals surface area contributed by atoms with E-state index >= 15 is 0 Å². The summed E-state index contributed by atoms with van der Waals surface area (Å²) in [5.41, 5.74) is -0.496. The minimum atomic E-state index is -2.36. The summed E-state index contributed by atoms with van der Waals surface area (Å²) in [5.74, 6) is -12.3. The Morgan fingerprint density at radius 1 is 1.00 bits per heavy atom. The third kappa shape index (κ3) is 4.88. The summed E-state index contributed by atoms with van der Waals surface area (Å²) in [6.45, 7) is 1.32. The normalized spacial score (nSPS) is 14.2. The van der Waals surface area contributed by atoms with Crippen molar-refractivity contribution in [1.29, 1.82) is 5.26 Å². The smallest absolute Gasteiger partial charge is 0.280 e. The SMILES string of the molecule is CC1=NN(c2c(F)c(F)c(F)c(F)c2F)C(=O)/C1=C\c1cc(Cl)cc(Cl)c1OCc1ccc(C#N)cc1. The molecule has 5 nitrogen and oxygen atoms in total. The van der Waals surface area contributed by atoms with Crippen LogP contribution < -0.4 is 9.75 Å². The van der Waals surface area contributed by atoms with Gasteiger partial charge in [0.05, 0.1) is 27.9 Å². The maximum Gasteiger partial charge on any atom is 0.280 e. The predicted octanol–water partition coefficient (Wildman–Crippen LogP) is 6.95. The Hall–Kier alpha value is -3.94. The molecule has 0 N–H and O–H groups in total. The van der Waals surface area contributed by atoms with Crippen LogP contribution in [0, 0.1) is 40.4 Å². The molecule has 1 aliphatic rings. The van der Waals surface area contributed by atoms with Gasteiger partial charge in [0.1, 0.15) is 18.0 Å². The van der Waals surface area contributed by atoms with Crippen LogP contribution in [0.5, 0.6) is 5.75 Å². The van der Waals surface area contributed by atoms with Crippen LogP contribution in [0.1, 0.15) is 23.6 Å². The lowest BCUT2D eigenvalue weighted by molar-refractivity contribution is -0.114. The summed E-state index contributed by atoms with van der Waals surface area (Å²) in [6.07, 6.45) is 1.22. The fraction of sp³-hybridized carbons (Fsp3) is 0.0800. The highest BCUT2D eigenvalue weighted by atomic mass is 35.5. The van der Waals surface area contributed by atoms with E-state index in [0.717, 1.165) is 0 Å². The molecule has 0 spiro atoms. The molecule has 12 heteroatoms. The third-order valence-corrected chi connectivity index (χ3v) is 5.76. The van der Waals surface area contributed by atoms with Crippen LogP contribution in [0.2, 0.25) is 10.0 Å². The van der Waals surface area contributed by atoms with Gasteiger partial charge in [0, 0.05) is 10.6 Å². The fourth-order valence-electron chi connectivity index (χ4n) is 3.44. The average molecular weight is 552 g/mol. The molecule has 3 aromatic carbocycles. The van der Waals surface area contributed by atoms with Crippen LogP contribution in [0.25, 0.3) is 6.08 Å². The Bertz CT molecular complexity index is 1520. The Labute approximate surface area is 216 Å². The largest absolute Gasteiger partial charge is 0.487 e. The lowest BCUT2D eigenvalue weighted by Crippen LogP contribution is -2.25. The second-order valence-corrected chi connectivity index (χ2v) is 8.53. The van der Waals surface area contributed by atoms with E-state index in [1.807, 2.05) is 6.07 Å². The molecule has 0 bridgehead atoms. The molecule has 4 rings (SSSR count). The number of hydrogen-bond donors (Lipinski definition) is 0. The number of amides is 1. The summed E-state index contributed by atoms with van der Waals surface area (Å²) in [4.78, 5) is 13.0. The molecule has 3 aromatic rings. The molecule has 37 heavy (non-hydrogen) atoms. The molecular weight excluding hydrogens is 540 g/mol. The summed E-state index contributed by atoms with van der Waals surface area (Å²) in [7, 11) is 0. The Morgan fingerprint density at radius 3 is 2.19 bits per heavy atom. The van der Waals surface area contributed by atoms with E-state index in [4.69, 9.17) is 33.2 Å². The van der Waals surface area contributed by atoms with Crippen LogP contribution in [0.4, 0.5) is 27.6 Å². The molecule has 0 aliphatic carbocycles. The van der Waals surface area contributed by atoms with Gasteiger partial charge in [0.25, 0.3) is 5.91 Å². The lowest BCUT2D eigenvalue weighted by Gasteiger charge is -2.15. The van der Waals surface area contributed by atoms with Gasteiger partial charge in [-0.3, -0.25) is 4.79 Å². The fourth-order valence-corrected chi connectivity index (χ4v) is 4.01. The number of carbonyl (C=O) groups excluding carboxylic acids is 1. The summed E-state index contributed by atoms with van der Waals surface area (Å²) < 4.78 is 75.3. The minimum absolute atomic E-state index is 0.0148. The first-order chi connectivity index (χ1) is 17.5. The van der Waals surface area contributed by atoms with Crippen molar-refractivity contribution in [2.24, 2.45) is 5.10 Å². The summed E-state index contributed by atoms with van der Waals surface area (Å²) >= 11 is 12.4. The lowest BCUT2D eigenvalue weighted by atomic mass is 10.1. The molecule has 1 aliphatic heterocycles. The second kappa shape index (κ2) is 10.2. The van der Waals surface area contributed by atoms with Crippen LogP contribution in [-0.2, 0) is 11.4 Å². The maximum absolute atomic E-state index is 14.3. The zero-order valence-corrected chi connectivity index (χ0v) is 20.1. The third-order valence-electron chi connectivity index (χ3n) is 5.26. The topological polar surface area (TPSA) is 65.7 Å². The maximum atomic E-state index is 14.3. The van der Waals surface area contributed by atoms with Gasteiger partial charge >= 0.3 is 0 Å². The molecule has 0 fully saturated rings. The second-order valence-electron chi connectivity index (χ2n) is 7.68. The van der Waals surface area contributed by atoms with Gasteiger partial charge in [0.2, 0.25) is 5.82 Å². The molecular formula is C25H12Cl2F5N3O2. The zero-order chi connectivity index (χ0) is 27.0. The van der Waals surface area contributed by atoms with Crippen molar-refractivity contribution >= 4 is 46.6 Å². The highest BCUT2D eigenvalue weighted by Crippen LogP contribution is 2.37. The Balaban J connectivity index is 1.71. The highest BCUT2D eigenvalue weighted by Gasteiger charge is 2.37. The van der Waals surface area contributed by atoms with Gasteiger partial charge in [-0.1, -0.05) is 35.3 Å². The number of nitriles is 1. The number of nitrogens with zero attached hydrogens (tertiary/aromatic N) is 3. The van der Waals surface area contributed by atoms with Crippen molar-refractivity contribution in [1.82, 2.24) is 0 Å². The monoisotopic (exact) mass is 551 g/mol. The van der Waals surface area contributed by atoms with Gasteiger partial charge in [-0.15, -0.1) is 0 Å². The Kier molecular flexibility index (Phi) is 7.21. The van der Waals surface area contributed by atoms with E-state index in [-0.39, 0.29) is 44.3 Å². The Morgan fingerprint density at radius 2 is 1.59 bits per heavy atom. The minimum Gasteiger partial charge on any atom is -0.487 e. The van der Waals surface area contributed by atoms with E-state index in [1.54, 1.807) is 24.3 Å². The zero-order valence-electron chi connectivity index (χ0n) is 18.6. The van der Waals surface area contributed by atoms with Crippen LogP contribution in [0.3, 0.4) is 0 Å². The van der Waals surface area contributed by atoms with E-state index in [1.165, 1.54) is 25.1 Å². The standard InChI is InChI=1S/C25H12Cl2F5N3O2/c1-11-16(25(36)35(34-11)23-21(31)19(29)18(28)20(30)22(23)32)7-14-6-15(26)8-17(27)24(14)37-10-13-4-2-12(9-33)3-5-13/h2-8H,10H2,1H3/b16-7-. The first-order valence-corrected chi connectivity index (χ1v) is 11.0. The van der Waals surface area contributed by atoms with Crippen LogP contribution >= 0.6 is 23.2 Å². The van der Waals surface area contributed by atoms with Crippen LogP contribution in [0.15, 0.2) is 47.1 Å². The van der Waals surface area contributed by atoms with E-state index < -0.39 is 40.7 Å². The molecule has 188 valence electrons. The molecule has 0 saturated carbocycles. The van der Waals surface area contributed by atoms with Crippen molar-refractivity contribution in [3.05, 3.63) is 97.8 Å². The first-order valence-electron chi connectivity index (χ1n) is 10.3. The molecule has 0 atom stereocenters. The molecule has 0 aromatic heterocycles. The number of ether oxygens (including phenoxy) is 1. The number of hydrogen-bond acceptors (Lipinski definition) is 4. The molecule has 1 amide bonds. The van der Waals surface area contributed by atoms with Gasteiger partial charge in [-0.05, 0) is 42.8 Å². The van der Waals surface area contributed by atoms with Crippen molar-refractivity contribution in [3.63, 3.8) is 0 Å². The van der Waals surface area contributed by atoms with E-state index in [9.17, 15) is 26.7 Å². The number of anilines is 1. The van der Waals surface area contributed by atoms with Gasteiger partial charge in [0.15, 0.2) is 23.3 Å². The number of benzene rings is 3. The van der Waals surface area contributed by atoms with E-state index in [2.05, 4.69) is 5.10 Å². The predicted molar refractivity (Wildman–Crippen MR) is 127 cm³/mol. The van der Waals surface area contributed by atoms with Gasteiger partial charge in [-0.25, -0.2) is 22.0 Å². The molecule has 1 heterocycles. The van der Waals surface area contributed by atoms with Crippen molar-refractivity contribution < 1.29 is 31.5 Å². The van der Waals surface area contributed by atoms with Crippen LogP contribution in [-0.4, -0.2) is 11.6 Å². The van der Waals surface area contributed by atoms with Gasteiger partial charge in [-0.2, -0.15) is 15.4 Å². The van der Waals surface area contributed by atoms with Crippen molar-refractivity contribution in [2.75, 3.05) is 5.01 Å². The number of rotatable bonds is 5. The summed E-state index contributed by atoms with van der Waals surface area (Å²) in [6, 6.07) is 11.3. The summed E-state index contributed by atoms with van der Waals surface area (Å²) in [5, 5.41) is 13.0.